The normalized spacial score (nSPS) is 14.2. The number of hydrogen-bond acceptors (Lipinski definition) is 6. The molecule has 2 aromatic heterocycles. The molecule has 1 aliphatic rings. The van der Waals surface area contributed by atoms with Gasteiger partial charge in [0.25, 0.3) is 5.91 Å². The average molecular weight is 403 g/mol. The molecule has 1 N–H and O–H groups in total. The maximum absolute atomic E-state index is 12.8. The summed E-state index contributed by atoms with van der Waals surface area (Å²) in [5, 5.41) is 6.90. The third-order valence-corrected chi connectivity index (χ3v) is 4.95. The molecule has 152 valence electrons. The van der Waals surface area contributed by atoms with Gasteiger partial charge in [-0.1, -0.05) is 43.8 Å². The van der Waals surface area contributed by atoms with Crippen molar-refractivity contribution < 1.29 is 14.1 Å². The third-order valence-electron chi connectivity index (χ3n) is 4.95. The van der Waals surface area contributed by atoms with E-state index in [9.17, 15) is 9.59 Å². The molecule has 3 aromatic rings. The van der Waals surface area contributed by atoms with Gasteiger partial charge in [0.1, 0.15) is 12.6 Å². The average Bonchev–Trinajstić information content (AvgIpc) is 3.33. The van der Waals surface area contributed by atoms with Crippen molar-refractivity contribution in [1.82, 2.24) is 25.3 Å². The minimum Gasteiger partial charge on any atom is -0.342 e. The van der Waals surface area contributed by atoms with Crippen molar-refractivity contribution in [3.8, 4) is 11.4 Å². The predicted molar refractivity (Wildman–Crippen MR) is 110 cm³/mol. The Bertz CT molecular complexity index is 1070. The predicted octanol–water partition coefficient (Wildman–Crippen LogP) is 3.07. The van der Waals surface area contributed by atoms with E-state index < -0.39 is 6.04 Å². The SMILES string of the molecule is C=C1c2ccccc2C(=O)N1CC(=O)NC(c1nc(-c2cccnc2)no1)C(C)C. The molecule has 0 spiro atoms. The fraction of sp³-hybridized carbons (Fsp3) is 0.227. The number of nitrogens with one attached hydrogen (secondary N) is 1. The number of pyridine rings is 1. The van der Waals surface area contributed by atoms with Crippen LogP contribution in [0.4, 0.5) is 0 Å². The first-order valence-electron chi connectivity index (χ1n) is 9.59. The van der Waals surface area contributed by atoms with Crippen LogP contribution in [-0.4, -0.2) is 38.4 Å². The van der Waals surface area contributed by atoms with Crippen molar-refractivity contribution in [3.05, 3.63) is 72.4 Å². The van der Waals surface area contributed by atoms with E-state index in [0.29, 0.717) is 23.0 Å². The maximum atomic E-state index is 12.8. The summed E-state index contributed by atoms with van der Waals surface area (Å²) in [5.41, 5.74) is 2.53. The minimum atomic E-state index is -0.497. The molecule has 1 atom stereocenters. The second kappa shape index (κ2) is 7.90. The van der Waals surface area contributed by atoms with E-state index >= 15 is 0 Å². The van der Waals surface area contributed by atoms with Crippen LogP contribution in [0.1, 0.15) is 41.7 Å². The number of nitrogens with zero attached hydrogens (tertiary/aromatic N) is 4. The van der Waals surface area contributed by atoms with Crippen LogP contribution in [0.3, 0.4) is 0 Å². The van der Waals surface area contributed by atoms with E-state index in [-0.39, 0.29) is 24.3 Å². The summed E-state index contributed by atoms with van der Waals surface area (Å²) in [4.78, 5) is 35.2. The summed E-state index contributed by atoms with van der Waals surface area (Å²) in [5.74, 6) is 0.120. The van der Waals surface area contributed by atoms with Crippen LogP contribution < -0.4 is 5.32 Å². The van der Waals surface area contributed by atoms with E-state index in [0.717, 1.165) is 11.1 Å². The molecule has 1 unspecified atom stereocenters. The molecule has 0 radical (unpaired) electrons. The Morgan fingerprint density at radius 3 is 2.63 bits per heavy atom. The zero-order valence-corrected chi connectivity index (χ0v) is 16.7. The van der Waals surface area contributed by atoms with Gasteiger partial charge in [0.15, 0.2) is 0 Å². The first-order valence-corrected chi connectivity index (χ1v) is 9.59. The molecule has 0 saturated carbocycles. The van der Waals surface area contributed by atoms with Crippen molar-refractivity contribution >= 4 is 17.5 Å². The maximum Gasteiger partial charge on any atom is 0.259 e. The molecule has 0 fully saturated rings. The molecule has 1 aromatic carbocycles. The van der Waals surface area contributed by atoms with Crippen molar-refractivity contribution in [2.24, 2.45) is 5.92 Å². The highest BCUT2D eigenvalue weighted by atomic mass is 16.5. The molecular weight excluding hydrogens is 382 g/mol. The lowest BCUT2D eigenvalue weighted by atomic mass is 10.0. The van der Waals surface area contributed by atoms with Crippen LogP contribution >= 0.6 is 0 Å². The van der Waals surface area contributed by atoms with Crippen molar-refractivity contribution in [2.45, 2.75) is 19.9 Å². The molecule has 0 bridgehead atoms. The number of carbonyl (C=O) groups is 2. The Balaban J connectivity index is 1.48. The quantitative estimate of drug-likeness (QED) is 0.679. The summed E-state index contributed by atoms with van der Waals surface area (Å²) in [6.07, 6.45) is 3.30. The second-order valence-corrected chi connectivity index (χ2v) is 7.37. The van der Waals surface area contributed by atoms with Gasteiger partial charge >= 0.3 is 0 Å². The van der Waals surface area contributed by atoms with Gasteiger partial charge in [-0.3, -0.25) is 19.5 Å². The highest BCUT2D eigenvalue weighted by molar-refractivity contribution is 6.10. The Labute approximate surface area is 173 Å². The van der Waals surface area contributed by atoms with Crippen LogP contribution in [0.25, 0.3) is 17.1 Å². The first-order chi connectivity index (χ1) is 14.5. The Kier molecular flexibility index (Phi) is 5.14. The Morgan fingerprint density at radius 1 is 1.20 bits per heavy atom. The number of fused-ring (bicyclic) bond motifs is 1. The molecule has 0 saturated heterocycles. The number of amides is 2. The van der Waals surface area contributed by atoms with Gasteiger partial charge in [-0.05, 0) is 24.1 Å². The lowest BCUT2D eigenvalue weighted by Gasteiger charge is -2.21. The molecule has 1 aliphatic heterocycles. The molecule has 30 heavy (non-hydrogen) atoms. The second-order valence-electron chi connectivity index (χ2n) is 7.37. The first kappa shape index (κ1) is 19.5. The van der Waals surface area contributed by atoms with E-state index in [1.54, 1.807) is 30.6 Å². The Morgan fingerprint density at radius 2 is 1.97 bits per heavy atom. The number of carbonyl (C=O) groups excluding carboxylic acids is 2. The van der Waals surface area contributed by atoms with E-state index in [1.165, 1.54) is 4.90 Å². The van der Waals surface area contributed by atoms with Crippen LogP contribution in [0.2, 0.25) is 0 Å². The van der Waals surface area contributed by atoms with Crippen molar-refractivity contribution in [3.63, 3.8) is 0 Å². The minimum absolute atomic E-state index is 0.00849. The van der Waals surface area contributed by atoms with E-state index in [4.69, 9.17) is 4.52 Å². The fourth-order valence-electron chi connectivity index (χ4n) is 3.35. The van der Waals surface area contributed by atoms with Crippen LogP contribution in [-0.2, 0) is 4.79 Å². The summed E-state index contributed by atoms with van der Waals surface area (Å²) >= 11 is 0. The number of hydrogen-bond donors (Lipinski definition) is 1. The summed E-state index contributed by atoms with van der Waals surface area (Å²) in [7, 11) is 0. The number of aromatic nitrogens is 3. The van der Waals surface area contributed by atoms with Crippen molar-refractivity contribution in [2.75, 3.05) is 6.54 Å². The molecule has 2 amide bonds. The van der Waals surface area contributed by atoms with Gasteiger partial charge < -0.3 is 9.84 Å². The smallest absolute Gasteiger partial charge is 0.259 e. The summed E-state index contributed by atoms with van der Waals surface area (Å²) in [6, 6.07) is 10.3. The summed E-state index contributed by atoms with van der Waals surface area (Å²) in [6.45, 7) is 7.71. The zero-order valence-electron chi connectivity index (χ0n) is 16.7. The van der Waals surface area contributed by atoms with Gasteiger partial charge in [-0.25, -0.2) is 0 Å². The van der Waals surface area contributed by atoms with Gasteiger partial charge in [-0.15, -0.1) is 0 Å². The summed E-state index contributed by atoms with van der Waals surface area (Å²) < 4.78 is 5.40. The highest BCUT2D eigenvalue weighted by Gasteiger charge is 2.33. The van der Waals surface area contributed by atoms with Crippen LogP contribution in [0, 0.1) is 5.92 Å². The standard InChI is InChI=1S/C22H21N5O3/c1-13(2)19(21-25-20(26-30-21)15-7-6-10-23-11-15)24-18(28)12-27-14(3)16-8-4-5-9-17(16)22(27)29/h4-11,13,19H,3,12H2,1-2H3,(H,24,28). The van der Waals surface area contributed by atoms with E-state index in [2.05, 4.69) is 27.0 Å². The van der Waals surface area contributed by atoms with Gasteiger partial charge in [0, 0.05) is 34.8 Å². The molecule has 8 heteroatoms. The third kappa shape index (κ3) is 3.59. The largest absolute Gasteiger partial charge is 0.342 e. The lowest BCUT2D eigenvalue weighted by molar-refractivity contribution is -0.122. The van der Waals surface area contributed by atoms with Crippen molar-refractivity contribution in [1.29, 1.82) is 0 Å². The van der Waals surface area contributed by atoms with Gasteiger partial charge in [0.2, 0.25) is 17.6 Å². The Hall–Kier alpha value is -3.81. The molecule has 4 rings (SSSR count). The van der Waals surface area contributed by atoms with Crippen LogP contribution in [0.5, 0.6) is 0 Å². The molecule has 0 aliphatic carbocycles. The monoisotopic (exact) mass is 403 g/mol. The molecule has 8 nitrogen and oxygen atoms in total. The topological polar surface area (TPSA) is 101 Å². The van der Waals surface area contributed by atoms with E-state index in [1.807, 2.05) is 32.0 Å². The molecular formula is C22H21N5O3. The zero-order chi connectivity index (χ0) is 21.3. The van der Waals surface area contributed by atoms with Crippen LogP contribution in [0.15, 0.2) is 59.9 Å². The highest BCUT2D eigenvalue weighted by Crippen LogP contribution is 2.31. The van der Waals surface area contributed by atoms with Gasteiger partial charge in [0.05, 0.1) is 0 Å². The lowest BCUT2D eigenvalue weighted by Crippen LogP contribution is -2.40. The fourth-order valence-corrected chi connectivity index (χ4v) is 3.35. The van der Waals surface area contributed by atoms with Gasteiger partial charge in [-0.2, -0.15) is 4.98 Å². The molecule has 3 heterocycles. The number of benzene rings is 1. The number of rotatable bonds is 6.